The van der Waals surface area contributed by atoms with E-state index in [1.807, 2.05) is 0 Å². The Morgan fingerprint density at radius 3 is 2.88 bits per heavy atom. The van der Waals surface area contributed by atoms with Crippen molar-refractivity contribution in [2.45, 2.75) is 0 Å². The van der Waals surface area contributed by atoms with E-state index in [0.29, 0.717) is 5.56 Å². The molecule has 0 atom stereocenters. The van der Waals surface area contributed by atoms with Crippen LogP contribution in [0.15, 0.2) is 35.4 Å². The number of nitrogens with one attached hydrogen (secondary N) is 1. The molecule has 0 bridgehead atoms. The number of pyridine rings is 1. The van der Waals surface area contributed by atoms with E-state index in [1.54, 1.807) is 18.3 Å². The number of nitrogens with zero attached hydrogens (tertiary/aromatic N) is 2. The van der Waals surface area contributed by atoms with Crippen LogP contribution in [-0.2, 0) is 0 Å². The van der Waals surface area contributed by atoms with E-state index in [9.17, 15) is 9.59 Å². The highest BCUT2D eigenvalue weighted by atomic mass is 16.4. The molecule has 0 radical (unpaired) electrons. The molecule has 6 nitrogen and oxygen atoms in total. The zero-order valence-electron chi connectivity index (χ0n) is 8.04. The third-order valence-corrected chi connectivity index (χ3v) is 1.90. The molecule has 16 heavy (non-hydrogen) atoms. The predicted octanol–water partition coefficient (Wildman–Crippen LogP) is 0.530. The summed E-state index contributed by atoms with van der Waals surface area (Å²) in [6.45, 7) is 0. The molecule has 0 spiro atoms. The van der Waals surface area contributed by atoms with Gasteiger partial charge in [-0.25, -0.2) is 9.78 Å². The third-order valence-electron chi connectivity index (χ3n) is 1.90. The summed E-state index contributed by atoms with van der Waals surface area (Å²) in [4.78, 5) is 32.0. The quantitative estimate of drug-likeness (QED) is 0.764. The highest BCUT2D eigenvalue weighted by Crippen LogP contribution is 2.10. The number of carboxylic acid groups (broad SMARTS) is 1. The Bertz CT molecular complexity index is 577. The van der Waals surface area contributed by atoms with Crippen LogP contribution in [0.25, 0.3) is 11.4 Å². The summed E-state index contributed by atoms with van der Waals surface area (Å²) < 4.78 is 0. The molecule has 6 heteroatoms. The van der Waals surface area contributed by atoms with Gasteiger partial charge in [-0.15, -0.1) is 0 Å². The van der Waals surface area contributed by atoms with Gasteiger partial charge in [0.25, 0.3) is 5.56 Å². The van der Waals surface area contributed by atoms with Gasteiger partial charge in [0.2, 0.25) is 0 Å². The molecule has 0 fully saturated rings. The second-order valence-electron chi connectivity index (χ2n) is 3.03. The second-order valence-corrected chi connectivity index (χ2v) is 3.03. The van der Waals surface area contributed by atoms with Crippen molar-refractivity contribution in [2.75, 3.05) is 0 Å². The van der Waals surface area contributed by atoms with E-state index in [2.05, 4.69) is 15.0 Å². The van der Waals surface area contributed by atoms with Crippen molar-refractivity contribution >= 4 is 5.97 Å². The Morgan fingerprint density at radius 1 is 1.44 bits per heavy atom. The number of aromatic amines is 1. The van der Waals surface area contributed by atoms with Crippen LogP contribution in [-0.4, -0.2) is 26.0 Å². The van der Waals surface area contributed by atoms with Gasteiger partial charge in [0.05, 0.1) is 0 Å². The van der Waals surface area contributed by atoms with Crippen LogP contribution in [0.2, 0.25) is 0 Å². The molecule has 0 unspecified atom stereocenters. The molecule has 2 N–H and O–H groups in total. The number of hydrogen-bond acceptors (Lipinski definition) is 4. The van der Waals surface area contributed by atoms with Crippen molar-refractivity contribution in [2.24, 2.45) is 0 Å². The molecule has 2 aromatic heterocycles. The van der Waals surface area contributed by atoms with E-state index in [0.717, 1.165) is 6.07 Å². The normalized spacial score (nSPS) is 10.0. The molecule has 0 saturated carbocycles. The molecule has 2 aromatic rings. The fraction of sp³-hybridized carbons (Fsp3) is 0. The van der Waals surface area contributed by atoms with Crippen LogP contribution in [0.3, 0.4) is 0 Å². The maximum absolute atomic E-state index is 11.2. The molecule has 0 aromatic carbocycles. The molecule has 0 amide bonds. The van der Waals surface area contributed by atoms with Crippen molar-refractivity contribution in [1.82, 2.24) is 15.0 Å². The maximum atomic E-state index is 11.2. The van der Waals surface area contributed by atoms with Crippen molar-refractivity contribution in [3.05, 3.63) is 46.6 Å². The SMILES string of the molecule is O=C(O)c1cc(=O)[nH]c(-c2cccnc2)n1. The Labute approximate surface area is 89.6 Å². The Hall–Kier alpha value is -2.50. The number of carbonyl (C=O) groups is 1. The van der Waals surface area contributed by atoms with Crippen molar-refractivity contribution < 1.29 is 9.90 Å². The Balaban J connectivity index is 2.58. The van der Waals surface area contributed by atoms with Crippen LogP contribution >= 0.6 is 0 Å². The number of aromatic carboxylic acids is 1. The van der Waals surface area contributed by atoms with E-state index < -0.39 is 11.5 Å². The first-order valence-corrected chi connectivity index (χ1v) is 4.42. The molecular formula is C10H7N3O3. The maximum Gasteiger partial charge on any atom is 0.354 e. The largest absolute Gasteiger partial charge is 0.477 e. The first-order valence-electron chi connectivity index (χ1n) is 4.42. The van der Waals surface area contributed by atoms with Crippen molar-refractivity contribution in [3.63, 3.8) is 0 Å². The van der Waals surface area contributed by atoms with Gasteiger partial charge in [0.1, 0.15) is 5.82 Å². The van der Waals surface area contributed by atoms with Gasteiger partial charge in [-0.1, -0.05) is 0 Å². The molecule has 0 saturated heterocycles. The lowest BCUT2D eigenvalue weighted by atomic mass is 10.2. The molecule has 2 heterocycles. The van der Waals surface area contributed by atoms with E-state index in [4.69, 9.17) is 5.11 Å². The van der Waals surface area contributed by atoms with Gasteiger partial charge in [-0.2, -0.15) is 0 Å². The van der Waals surface area contributed by atoms with E-state index in [-0.39, 0.29) is 11.5 Å². The molecule has 0 aliphatic carbocycles. The third kappa shape index (κ3) is 1.95. The second kappa shape index (κ2) is 3.93. The fourth-order valence-electron chi connectivity index (χ4n) is 1.21. The Morgan fingerprint density at radius 2 is 2.25 bits per heavy atom. The van der Waals surface area contributed by atoms with Gasteiger partial charge >= 0.3 is 5.97 Å². The zero-order valence-corrected chi connectivity index (χ0v) is 8.04. The summed E-state index contributed by atoms with van der Waals surface area (Å²) in [6.07, 6.45) is 3.06. The monoisotopic (exact) mass is 217 g/mol. The molecule has 0 aliphatic rings. The lowest BCUT2D eigenvalue weighted by molar-refractivity contribution is 0.0690. The average molecular weight is 217 g/mol. The van der Waals surface area contributed by atoms with Crippen LogP contribution in [0.5, 0.6) is 0 Å². The number of hydrogen-bond donors (Lipinski definition) is 2. The van der Waals surface area contributed by atoms with Crippen LogP contribution in [0.4, 0.5) is 0 Å². The lowest BCUT2D eigenvalue weighted by Crippen LogP contribution is -2.13. The first-order chi connectivity index (χ1) is 7.66. The minimum Gasteiger partial charge on any atom is -0.477 e. The predicted molar refractivity (Wildman–Crippen MR) is 55.0 cm³/mol. The Kier molecular flexibility index (Phi) is 2.47. The topological polar surface area (TPSA) is 95.9 Å². The van der Waals surface area contributed by atoms with Crippen LogP contribution < -0.4 is 5.56 Å². The van der Waals surface area contributed by atoms with Crippen molar-refractivity contribution in [1.29, 1.82) is 0 Å². The molecule has 2 rings (SSSR count). The molecule has 0 aliphatic heterocycles. The summed E-state index contributed by atoms with van der Waals surface area (Å²) in [5.41, 5.74) is -0.239. The van der Waals surface area contributed by atoms with Gasteiger partial charge in [-0.05, 0) is 12.1 Å². The highest BCUT2D eigenvalue weighted by molar-refractivity contribution is 5.85. The van der Waals surface area contributed by atoms with Crippen LogP contribution in [0, 0.1) is 0 Å². The number of aromatic nitrogens is 3. The summed E-state index contributed by atoms with van der Waals surface area (Å²) in [5, 5.41) is 8.75. The summed E-state index contributed by atoms with van der Waals surface area (Å²) in [7, 11) is 0. The van der Waals surface area contributed by atoms with E-state index >= 15 is 0 Å². The van der Waals surface area contributed by atoms with E-state index in [1.165, 1.54) is 6.20 Å². The first kappa shape index (κ1) is 10.0. The van der Waals surface area contributed by atoms with Gasteiger partial charge < -0.3 is 10.1 Å². The minimum absolute atomic E-state index is 0.193. The number of H-pyrrole nitrogens is 1. The van der Waals surface area contributed by atoms with Crippen molar-refractivity contribution in [3.8, 4) is 11.4 Å². The molecular weight excluding hydrogens is 210 g/mol. The highest BCUT2D eigenvalue weighted by Gasteiger charge is 2.09. The average Bonchev–Trinajstić information content (AvgIpc) is 2.29. The summed E-state index contributed by atoms with van der Waals surface area (Å²) in [5.74, 6) is -1.05. The standard InChI is InChI=1S/C10H7N3O3/c14-8-4-7(10(15)16)12-9(13-8)6-2-1-3-11-5-6/h1-5H,(H,15,16)(H,12,13,14). The zero-order chi connectivity index (χ0) is 11.5. The van der Waals surface area contributed by atoms with Crippen LogP contribution in [0.1, 0.15) is 10.5 Å². The summed E-state index contributed by atoms with van der Waals surface area (Å²) >= 11 is 0. The minimum atomic E-state index is -1.24. The van der Waals surface area contributed by atoms with Gasteiger partial charge in [0, 0.05) is 24.0 Å². The smallest absolute Gasteiger partial charge is 0.354 e. The molecule has 80 valence electrons. The summed E-state index contributed by atoms with van der Waals surface area (Å²) in [6, 6.07) is 4.28. The van der Waals surface area contributed by atoms with Gasteiger partial charge in [0.15, 0.2) is 5.69 Å². The lowest BCUT2D eigenvalue weighted by Gasteiger charge is -2.00. The van der Waals surface area contributed by atoms with Gasteiger partial charge in [-0.3, -0.25) is 9.78 Å². The fourth-order valence-corrected chi connectivity index (χ4v) is 1.21. The number of carboxylic acids is 1. The number of rotatable bonds is 2.